The molecule has 0 unspecified atom stereocenters. The minimum absolute atomic E-state index is 0.0964. The van der Waals surface area contributed by atoms with Gasteiger partial charge >= 0.3 is 0 Å². The predicted octanol–water partition coefficient (Wildman–Crippen LogP) is 3.13. The van der Waals surface area contributed by atoms with E-state index in [2.05, 4.69) is 24.1 Å². The van der Waals surface area contributed by atoms with E-state index in [1.807, 2.05) is 29.6 Å². The topological polar surface area (TPSA) is 51.2 Å². The highest BCUT2D eigenvalue weighted by molar-refractivity contribution is 7.09. The highest BCUT2D eigenvalue weighted by Gasteiger charge is 2.11. The molecule has 4 nitrogen and oxygen atoms in total. The molecule has 0 fully saturated rings. The molecule has 0 saturated heterocycles. The van der Waals surface area contributed by atoms with Gasteiger partial charge in [-0.25, -0.2) is 4.98 Å². The molecule has 0 aliphatic rings. The average molecular weight is 304 g/mol. The van der Waals surface area contributed by atoms with Gasteiger partial charge < -0.3 is 10.1 Å². The monoisotopic (exact) mass is 304 g/mol. The molecule has 1 aromatic carbocycles. The van der Waals surface area contributed by atoms with E-state index in [4.69, 9.17) is 4.74 Å². The number of carbonyl (C=O) groups excluding carboxylic acids is 1. The van der Waals surface area contributed by atoms with Crippen molar-refractivity contribution in [3.63, 3.8) is 0 Å². The normalized spacial score (nSPS) is 10.7. The Morgan fingerprint density at radius 2 is 2.05 bits per heavy atom. The molecule has 0 atom stereocenters. The van der Waals surface area contributed by atoms with Gasteiger partial charge in [0, 0.05) is 18.3 Å². The lowest BCUT2D eigenvalue weighted by Gasteiger charge is -2.05. The van der Waals surface area contributed by atoms with Gasteiger partial charge in [0.15, 0.2) is 0 Å². The van der Waals surface area contributed by atoms with E-state index in [9.17, 15) is 4.79 Å². The standard InChI is InChI=1S/C16H20N2O2S/c1-11(2)9-17-16(19)14-10-21-15(18-14)8-12-4-6-13(20-3)7-5-12/h4-7,10-11H,8-9H2,1-3H3,(H,17,19). The summed E-state index contributed by atoms with van der Waals surface area (Å²) in [5.41, 5.74) is 1.66. The first-order valence-corrected chi connectivity index (χ1v) is 7.82. The van der Waals surface area contributed by atoms with Crippen molar-refractivity contribution in [1.82, 2.24) is 10.3 Å². The highest BCUT2D eigenvalue weighted by Crippen LogP contribution is 2.17. The van der Waals surface area contributed by atoms with Crippen LogP contribution in [0.3, 0.4) is 0 Å². The summed E-state index contributed by atoms with van der Waals surface area (Å²) in [7, 11) is 1.65. The van der Waals surface area contributed by atoms with Crippen molar-refractivity contribution in [3.05, 3.63) is 45.9 Å². The maximum atomic E-state index is 11.9. The summed E-state index contributed by atoms with van der Waals surface area (Å²) in [5.74, 6) is 1.18. The Hall–Kier alpha value is -1.88. The number of nitrogens with one attached hydrogen (secondary N) is 1. The molecule has 112 valence electrons. The Kier molecular flexibility index (Phi) is 5.33. The number of benzene rings is 1. The van der Waals surface area contributed by atoms with Gasteiger partial charge in [0.25, 0.3) is 5.91 Å². The molecule has 2 aromatic rings. The van der Waals surface area contributed by atoms with Crippen LogP contribution in [0.1, 0.15) is 34.9 Å². The molecule has 1 aromatic heterocycles. The number of amides is 1. The van der Waals surface area contributed by atoms with Crippen LogP contribution in [-0.2, 0) is 6.42 Å². The van der Waals surface area contributed by atoms with Gasteiger partial charge in [-0.2, -0.15) is 0 Å². The molecule has 0 saturated carbocycles. The fourth-order valence-electron chi connectivity index (χ4n) is 1.80. The second-order valence-electron chi connectivity index (χ2n) is 5.26. The highest BCUT2D eigenvalue weighted by atomic mass is 32.1. The summed E-state index contributed by atoms with van der Waals surface area (Å²) in [6, 6.07) is 7.88. The minimum atomic E-state index is -0.0964. The zero-order valence-electron chi connectivity index (χ0n) is 12.6. The Bertz CT molecular complexity index is 591. The lowest BCUT2D eigenvalue weighted by atomic mass is 10.1. The van der Waals surface area contributed by atoms with E-state index in [1.165, 1.54) is 11.3 Å². The van der Waals surface area contributed by atoms with Crippen molar-refractivity contribution in [1.29, 1.82) is 0 Å². The summed E-state index contributed by atoms with van der Waals surface area (Å²) >= 11 is 1.51. The van der Waals surface area contributed by atoms with E-state index in [1.54, 1.807) is 7.11 Å². The number of ether oxygens (including phenoxy) is 1. The van der Waals surface area contributed by atoms with Crippen molar-refractivity contribution in [2.24, 2.45) is 5.92 Å². The SMILES string of the molecule is COc1ccc(Cc2nc(C(=O)NCC(C)C)cs2)cc1. The van der Waals surface area contributed by atoms with Crippen LogP contribution in [0.2, 0.25) is 0 Å². The average Bonchev–Trinajstić information content (AvgIpc) is 2.94. The minimum Gasteiger partial charge on any atom is -0.497 e. The third kappa shape index (κ3) is 4.56. The third-order valence-electron chi connectivity index (χ3n) is 2.97. The van der Waals surface area contributed by atoms with E-state index in [0.717, 1.165) is 22.7 Å². The smallest absolute Gasteiger partial charge is 0.270 e. The molecule has 2 rings (SSSR count). The molecular weight excluding hydrogens is 284 g/mol. The van der Waals surface area contributed by atoms with E-state index in [-0.39, 0.29) is 5.91 Å². The summed E-state index contributed by atoms with van der Waals surface area (Å²) in [4.78, 5) is 16.3. The van der Waals surface area contributed by atoms with Gasteiger partial charge in [-0.1, -0.05) is 26.0 Å². The molecular formula is C16H20N2O2S. The molecule has 21 heavy (non-hydrogen) atoms. The van der Waals surface area contributed by atoms with Crippen LogP contribution >= 0.6 is 11.3 Å². The lowest BCUT2D eigenvalue weighted by molar-refractivity contribution is 0.0944. The number of nitrogens with zero attached hydrogens (tertiary/aromatic N) is 1. The van der Waals surface area contributed by atoms with Crippen LogP contribution in [0.5, 0.6) is 5.75 Å². The number of hydrogen-bond donors (Lipinski definition) is 1. The van der Waals surface area contributed by atoms with E-state index >= 15 is 0 Å². The Morgan fingerprint density at radius 3 is 2.67 bits per heavy atom. The van der Waals surface area contributed by atoms with Crippen molar-refractivity contribution >= 4 is 17.2 Å². The quantitative estimate of drug-likeness (QED) is 0.892. The van der Waals surface area contributed by atoms with Gasteiger partial charge in [0.1, 0.15) is 11.4 Å². The number of hydrogen-bond acceptors (Lipinski definition) is 4. The number of rotatable bonds is 6. The lowest BCUT2D eigenvalue weighted by Crippen LogP contribution is -2.27. The summed E-state index contributed by atoms with van der Waals surface area (Å²) in [5, 5.41) is 5.63. The Morgan fingerprint density at radius 1 is 1.33 bits per heavy atom. The molecule has 0 radical (unpaired) electrons. The summed E-state index contributed by atoms with van der Waals surface area (Å²) < 4.78 is 5.14. The van der Waals surface area contributed by atoms with Crippen LogP contribution < -0.4 is 10.1 Å². The molecule has 0 spiro atoms. The van der Waals surface area contributed by atoms with Crippen LogP contribution in [0.25, 0.3) is 0 Å². The van der Waals surface area contributed by atoms with Crippen LogP contribution in [0.4, 0.5) is 0 Å². The number of methoxy groups -OCH3 is 1. The second kappa shape index (κ2) is 7.22. The Balaban J connectivity index is 1.97. The number of aromatic nitrogens is 1. The van der Waals surface area contributed by atoms with Crippen molar-refractivity contribution in [2.45, 2.75) is 20.3 Å². The second-order valence-corrected chi connectivity index (χ2v) is 6.20. The summed E-state index contributed by atoms with van der Waals surface area (Å²) in [6.45, 7) is 4.80. The van der Waals surface area contributed by atoms with Crippen molar-refractivity contribution in [3.8, 4) is 5.75 Å². The van der Waals surface area contributed by atoms with Crippen LogP contribution in [0.15, 0.2) is 29.6 Å². The van der Waals surface area contributed by atoms with E-state index < -0.39 is 0 Å². The number of carbonyl (C=O) groups is 1. The van der Waals surface area contributed by atoms with Gasteiger partial charge in [0.2, 0.25) is 0 Å². The van der Waals surface area contributed by atoms with Gasteiger partial charge in [-0.05, 0) is 23.6 Å². The molecule has 0 bridgehead atoms. The molecule has 5 heteroatoms. The maximum absolute atomic E-state index is 11.9. The first kappa shape index (κ1) is 15.5. The van der Waals surface area contributed by atoms with Crippen LogP contribution in [-0.4, -0.2) is 24.5 Å². The maximum Gasteiger partial charge on any atom is 0.270 e. The van der Waals surface area contributed by atoms with Crippen molar-refractivity contribution < 1.29 is 9.53 Å². The fourth-order valence-corrected chi connectivity index (χ4v) is 2.61. The van der Waals surface area contributed by atoms with E-state index in [0.29, 0.717) is 18.2 Å². The molecule has 1 N–H and O–H groups in total. The zero-order valence-corrected chi connectivity index (χ0v) is 13.4. The first-order valence-electron chi connectivity index (χ1n) is 6.94. The molecule has 1 heterocycles. The molecule has 0 aliphatic carbocycles. The molecule has 0 aliphatic heterocycles. The first-order chi connectivity index (χ1) is 10.1. The fraction of sp³-hybridized carbons (Fsp3) is 0.375. The Labute approximate surface area is 129 Å². The largest absolute Gasteiger partial charge is 0.497 e. The van der Waals surface area contributed by atoms with Crippen molar-refractivity contribution in [2.75, 3.05) is 13.7 Å². The van der Waals surface area contributed by atoms with Gasteiger partial charge in [0.05, 0.1) is 12.1 Å². The molecule has 1 amide bonds. The van der Waals surface area contributed by atoms with Gasteiger partial charge in [-0.15, -0.1) is 11.3 Å². The summed E-state index contributed by atoms with van der Waals surface area (Å²) in [6.07, 6.45) is 0.728. The zero-order chi connectivity index (χ0) is 15.2. The van der Waals surface area contributed by atoms with Crippen LogP contribution in [0, 0.1) is 5.92 Å². The van der Waals surface area contributed by atoms with Gasteiger partial charge in [-0.3, -0.25) is 4.79 Å². The number of thiazole rings is 1. The predicted molar refractivity (Wildman–Crippen MR) is 85.1 cm³/mol. The third-order valence-corrected chi connectivity index (χ3v) is 3.82.